The van der Waals surface area contributed by atoms with Crippen LogP contribution in [0.1, 0.15) is 34.1 Å². The van der Waals surface area contributed by atoms with Gasteiger partial charge in [0.25, 0.3) is 0 Å². The number of allylic oxidation sites excluding steroid dienone is 1. The Labute approximate surface area is 104 Å². The second-order valence-electron chi connectivity index (χ2n) is 4.07. The second kappa shape index (κ2) is 6.03. The van der Waals surface area contributed by atoms with Gasteiger partial charge in [0.2, 0.25) is 0 Å². The summed E-state index contributed by atoms with van der Waals surface area (Å²) < 4.78 is 9.05. The van der Waals surface area contributed by atoms with Crippen molar-refractivity contribution in [2.24, 2.45) is 0 Å². The van der Waals surface area contributed by atoms with E-state index >= 15 is 0 Å². The van der Waals surface area contributed by atoms with Crippen LogP contribution in [0.15, 0.2) is 12.3 Å². The zero-order valence-corrected chi connectivity index (χ0v) is 11.6. The largest absolute Gasteiger partial charge is 0.461 e. The molecule has 0 fully saturated rings. The minimum absolute atomic E-state index is 0.0156. The summed E-state index contributed by atoms with van der Waals surface area (Å²) in [5.74, 6) is -0.548. The maximum atomic E-state index is 11.4. The summed E-state index contributed by atoms with van der Waals surface area (Å²) in [5, 5.41) is 0. The molecule has 0 aromatic carbocycles. The number of halogens is 1. The molecular weight excluding hydrogens is 276 g/mol. The lowest BCUT2D eigenvalue weighted by Gasteiger charge is -2.19. The van der Waals surface area contributed by atoms with Gasteiger partial charge >= 0.3 is 11.9 Å². The molecule has 0 aliphatic carbocycles. The Kier molecular flexibility index (Phi) is 5.72. The van der Waals surface area contributed by atoms with Crippen LogP contribution in [0, 0.1) is 0 Å². The van der Waals surface area contributed by atoms with Crippen LogP contribution in [0.25, 0.3) is 0 Å². The minimum Gasteiger partial charge on any atom is -0.461 e. The molecule has 0 amide bonds. The minimum atomic E-state index is -0.750. The fraction of sp³-hybridized carbons (Fsp3) is 0.636. The highest BCUT2D eigenvalue weighted by Crippen LogP contribution is 2.19. The van der Waals surface area contributed by atoms with Gasteiger partial charge in [-0.05, 0) is 27.7 Å². The molecule has 0 aromatic rings. The number of carbonyl (C=O) groups is 2. The number of alkyl halides is 1. The van der Waals surface area contributed by atoms with E-state index in [-0.39, 0.29) is 6.42 Å². The molecule has 1 atom stereocenters. The Morgan fingerprint density at radius 1 is 1.44 bits per heavy atom. The van der Waals surface area contributed by atoms with Gasteiger partial charge in [0, 0.05) is 0 Å². The average Bonchev–Trinajstić information content (AvgIpc) is 1.98. The zero-order chi connectivity index (χ0) is 12.9. The van der Waals surface area contributed by atoms with Crippen LogP contribution in [0.5, 0.6) is 0 Å². The van der Waals surface area contributed by atoms with E-state index in [0.717, 1.165) is 0 Å². The van der Waals surface area contributed by atoms with Crippen molar-refractivity contribution in [1.82, 2.24) is 0 Å². The van der Waals surface area contributed by atoms with E-state index in [1.54, 1.807) is 27.7 Å². The molecule has 92 valence electrons. The fourth-order valence-corrected chi connectivity index (χ4v) is 0.929. The molecule has 0 aromatic heterocycles. The second-order valence-corrected chi connectivity index (χ2v) is 6.05. The van der Waals surface area contributed by atoms with E-state index in [2.05, 4.69) is 22.5 Å². The highest BCUT2D eigenvalue weighted by atomic mass is 79.9. The zero-order valence-electron chi connectivity index (χ0n) is 10.0. The maximum absolute atomic E-state index is 11.4. The first-order valence-electron chi connectivity index (χ1n) is 4.89. The van der Waals surface area contributed by atoms with Gasteiger partial charge in [0.1, 0.15) is 10.4 Å². The normalized spacial score (nSPS) is 12.8. The quantitative estimate of drug-likeness (QED) is 0.444. The summed E-state index contributed by atoms with van der Waals surface area (Å²) in [6, 6.07) is 0. The first kappa shape index (κ1) is 15.2. The van der Waals surface area contributed by atoms with Gasteiger partial charge < -0.3 is 9.47 Å². The van der Waals surface area contributed by atoms with Crippen molar-refractivity contribution < 1.29 is 19.1 Å². The standard InChI is InChI=1S/C11H17BrO4/c1-7(2)15-9(13)6-8(3)16-10(14)11(4,5)12/h8H,1,6H2,2-5H3. The van der Waals surface area contributed by atoms with Crippen molar-refractivity contribution in [2.75, 3.05) is 0 Å². The van der Waals surface area contributed by atoms with Crippen LogP contribution in [0.3, 0.4) is 0 Å². The number of ether oxygens (including phenoxy) is 2. The number of esters is 2. The number of rotatable bonds is 5. The Morgan fingerprint density at radius 2 is 1.94 bits per heavy atom. The summed E-state index contributed by atoms with van der Waals surface area (Å²) in [4.78, 5) is 22.6. The number of hydrogen-bond donors (Lipinski definition) is 0. The van der Waals surface area contributed by atoms with E-state index in [4.69, 9.17) is 9.47 Å². The van der Waals surface area contributed by atoms with Crippen molar-refractivity contribution in [3.8, 4) is 0 Å². The first-order valence-corrected chi connectivity index (χ1v) is 5.68. The molecule has 5 heteroatoms. The van der Waals surface area contributed by atoms with Crippen molar-refractivity contribution in [3.05, 3.63) is 12.3 Å². The maximum Gasteiger partial charge on any atom is 0.322 e. The molecule has 0 radical (unpaired) electrons. The smallest absolute Gasteiger partial charge is 0.322 e. The predicted molar refractivity (Wildman–Crippen MR) is 64.1 cm³/mol. The Balaban J connectivity index is 4.09. The van der Waals surface area contributed by atoms with Crippen molar-refractivity contribution in [2.45, 2.75) is 44.5 Å². The van der Waals surface area contributed by atoms with E-state index in [1.807, 2.05) is 0 Å². The van der Waals surface area contributed by atoms with Crippen LogP contribution >= 0.6 is 15.9 Å². The van der Waals surface area contributed by atoms with Gasteiger partial charge in [-0.25, -0.2) is 0 Å². The van der Waals surface area contributed by atoms with Crippen LogP contribution in [-0.4, -0.2) is 22.4 Å². The number of hydrogen-bond acceptors (Lipinski definition) is 4. The summed E-state index contributed by atoms with van der Waals surface area (Å²) in [6.45, 7) is 10.0. The van der Waals surface area contributed by atoms with E-state index < -0.39 is 22.4 Å². The molecule has 0 saturated heterocycles. The van der Waals surface area contributed by atoms with Gasteiger partial charge in [-0.3, -0.25) is 9.59 Å². The lowest BCUT2D eigenvalue weighted by Crippen LogP contribution is -2.31. The highest BCUT2D eigenvalue weighted by molar-refractivity contribution is 9.10. The Morgan fingerprint density at radius 3 is 2.31 bits per heavy atom. The van der Waals surface area contributed by atoms with Gasteiger partial charge in [-0.2, -0.15) is 0 Å². The summed E-state index contributed by atoms with van der Waals surface area (Å²) >= 11 is 3.17. The van der Waals surface area contributed by atoms with Crippen LogP contribution in [0.4, 0.5) is 0 Å². The highest BCUT2D eigenvalue weighted by Gasteiger charge is 2.27. The van der Waals surface area contributed by atoms with Gasteiger partial charge in [0.05, 0.1) is 12.2 Å². The third kappa shape index (κ3) is 6.61. The fourth-order valence-electron chi connectivity index (χ4n) is 0.835. The molecule has 0 rings (SSSR count). The number of carbonyl (C=O) groups excluding carboxylic acids is 2. The molecule has 0 N–H and O–H groups in total. The van der Waals surface area contributed by atoms with Crippen LogP contribution in [-0.2, 0) is 19.1 Å². The lowest BCUT2D eigenvalue weighted by molar-refractivity contribution is -0.153. The molecule has 0 aliphatic rings. The van der Waals surface area contributed by atoms with Crippen LogP contribution in [0.2, 0.25) is 0 Å². The van der Waals surface area contributed by atoms with Crippen molar-refractivity contribution in [3.63, 3.8) is 0 Å². The summed E-state index contributed by atoms with van der Waals surface area (Å²) in [7, 11) is 0. The monoisotopic (exact) mass is 292 g/mol. The molecule has 4 nitrogen and oxygen atoms in total. The molecular formula is C11H17BrO4. The third-order valence-electron chi connectivity index (χ3n) is 1.54. The van der Waals surface area contributed by atoms with Gasteiger partial charge in [-0.15, -0.1) is 0 Å². The van der Waals surface area contributed by atoms with Gasteiger partial charge in [-0.1, -0.05) is 22.5 Å². The summed E-state index contributed by atoms with van der Waals surface area (Å²) in [5.41, 5.74) is 0. The molecule has 1 unspecified atom stereocenters. The molecule has 0 spiro atoms. The molecule has 0 aliphatic heterocycles. The third-order valence-corrected chi connectivity index (χ3v) is 1.86. The predicted octanol–water partition coefficient (Wildman–Crippen LogP) is 2.56. The molecule has 0 saturated carbocycles. The molecule has 0 heterocycles. The van der Waals surface area contributed by atoms with Crippen molar-refractivity contribution >= 4 is 27.9 Å². The molecule has 16 heavy (non-hydrogen) atoms. The van der Waals surface area contributed by atoms with Crippen LogP contribution < -0.4 is 0 Å². The van der Waals surface area contributed by atoms with E-state index in [1.165, 1.54) is 0 Å². The molecule has 0 bridgehead atoms. The topological polar surface area (TPSA) is 52.6 Å². The Hall–Kier alpha value is -0.840. The first-order chi connectivity index (χ1) is 7.12. The van der Waals surface area contributed by atoms with E-state index in [9.17, 15) is 9.59 Å². The van der Waals surface area contributed by atoms with Crippen molar-refractivity contribution in [1.29, 1.82) is 0 Å². The van der Waals surface area contributed by atoms with E-state index in [0.29, 0.717) is 5.76 Å². The average molecular weight is 293 g/mol. The lowest BCUT2D eigenvalue weighted by atomic mass is 10.2. The van der Waals surface area contributed by atoms with Gasteiger partial charge in [0.15, 0.2) is 0 Å². The summed E-state index contributed by atoms with van der Waals surface area (Å²) in [6.07, 6.45) is -0.502. The SMILES string of the molecule is C=C(C)OC(=O)CC(C)OC(=O)C(C)(C)Br. The Bertz CT molecular complexity index is 291.